The van der Waals surface area contributed by atoms with Crippen LogP contribution in [-0.2, 0) is 15.6 Å². The molecule has 0 saturated heterocycles. The molecule has 0 bridgehead atoms. The molecule has 5 nitrogen and oxygen atoms in total. The number of furan rings is 1. The normalized spacial score (nSPS) is 12.1. The molecule has 0 aliphatic heterocycles. The molecule has 0 atom stereocenters. The minimum Gasteiger partial charge on any atom is -0.478 e. The molecular formula is C15H18O5S. The van der Waals surface area contributed by atoms with Crippen molar-refractivity contribution in [2.75, 3.05) is 5.75 Å². The predicted octanol–water partition coefficient (Wildman–Crippen LogP) is 3.09. The van der Waals surface area contributed by atoms with E-state index < -0.39 is 15.8 Å². The second kappa shape index (κ2) is 5.89. The summed E-state index contributed by atoms with van der Waals surface area (Å²) < 4.78 is 29.6. The van der Waals surface area contributed by atoms with Gasteiger partial charge in [0.15, 0.2) is 9.84 Å². The fourth-order valence-electron chi connectivity index (χ4n) is 2.12. The van der Waals surface area contributed by atoms with E-state index in [1.165, 1.54) is 0 Å². The van der Waals surface area contributed by atoms with Gasteiger partial charge in [-0.1, -0.05) is 32.0 Å². The number of sulfone groups is 1. The lowest BCUT2D eigenvalue weighted by Gasteiger charge is -2.05. The minimum atomic E-state index is -3.39. The summed E-state index contributed by atoms with van der Waals surface area (Å²) in [4.78, 5) is 11.4. The summed E-state index contributed by atoms with van der Waals surface area (Å²) in [5, 5.41) is 9.74. The molecule has 21 heavy (non-hydrogen) atoms. The topological polar surface area (TPSA) is 84.6 Å². The molecular weight excluding hydrogens is 292 g/mol. The van der Waals surface area contributed by atoms with Crippen molar-refractivity contribution in [3.63, 3.8) is 0 Å². The summed E-state index contributed by atoms with van der Waals surface area (Å²) in [6.07, 6.45) is 0.547. The third-order valence-corrected chi connectivity index (χ3v) is 4.80. The van der Waals surface area contributed by atoms with Crippen LogP contribution in [0.3, 0.4) is 0 Å². The number of hydrogen-bond donors (Lipinski definition) is 1. The number of aromatic carboxylic acids is 1. The Morgan fingerprint density at radius 3 is 2.57 bits per heavy atom. The Labute approximate surface area is 123 Å². The molecule has 2 rings (SSSR count). The number of carboxylic acids is 1. The lowest BCUT2D eigenvalue weighted by molar-refractivity contribution is 0.0697. The molecule has 1 heterocycles. The average molecular weight is 310 g/mol. The molecule has 0 fully saturated rings. The summed E-state index contributed by atoms with van der Waals surface area (Å²) in [6.45, 7) is 3.89. The van der Waals surface area contributed by atoms with Gasteiger partial charge in [-0.25, -0.2) is 13.2 Å². The number of hydrogen-bond acceptors (Lipinski definition) is 4. The van der Waals surface area contributed by atoms with Gasteiger partial charge in [0.2, 0.25) is 0 Å². The number of benzene rings is 1. The summed E-state index contributed by atoms with van der Waals surface area (Å²) in [6, 6.07) is 6.66. The molecule has 1 N–H and O–H groups in total. The Bertz CT molecular complexity index is 755. The van der Waals surface area contributed by atoms with Crippen LogP contribution in [0.2, 0.25) is 0 Å². The third-order valence-electron chi connectivity index (χ3n) is 3.24. The quantitative estimate of drug-likeness (QED) is 0.886. The zero-order valence-electron chi connectivity index (χ0n) is 12.0. The van der Waals surface area contributed by atoms with Crippen molar-refractivity contribution < 1.29 is 22.7 Å². The van der Waals surface area contributed by atoms with E-state index >= 15 is 0 Å². The molecule has 0 aliphatic carbocycles. The van der Waals surface area contributed by atoms with Crippen LogP contribution < -0.4 is 0 Å². The lowest BCUT2D eigenvalue weighted by atomic mass is 10.1. The van der Waals surface area contributed by atoms with Gasteiger partial charge in [0, 0.05) is 5.39 Å². The second-order valence-electron chi connectivity index (χ2n) is 5.48. The molecule has 0 spiro atoms. The summed E-state index contributed by atoms with van der Waals surface area (Å²) in [5.74, 6) is -1.24. The van der Waals surface area contributed by atoms with Crippen molar-refractivity contribution in [3.8, 4) is 0 Å². The van der Waals surface area contributed by atoms with Crippen molar-refractivity contribution in [1.82, 2.24) is 0 Å². The van der Waals surface area contributed by atoms with Crippen molar-refractivity contribution in [3.05, 3.63) is 35.6 Å². The molecule has 1 aromatic heterocycles. The molecule has 0 unspecified atom stereocenters. The second-order valence-corrected chi connectivity index (χ2v) is 7.66. The third kappa shape index (κ3) is 3.64. The average Bonchev–Trinajstić information content (AvgIpc) is 2.73. The number of carbonyl (C=O) groups is 1. The van der Waals surface area contributed by atoms with Crippen molar-refractivity contribution in [2.24, 2.45) is 5.92 Å². The Hall–Kier alpha value is -1.82. The zero-order valence-corrected chi connectivity index (χ0v) is 12.8. The van der Waals surface area contributed by atoms with Gasteiger partial charge in [-0.3, -0.25) is 0 Å². The lowest BCUT2D eigenvalue weighted by Crippen LogP contribution is -2.13. The van der Waals surface area contributed by atoms with Gasteiger partial charge in [-0.2, -0.15) is 0 Å². The van der Waals surface area contributed by atoms with Gasteiger partial charge in [-0.15, -0.1) is 0 Å². The van der Waals surface area contributed by atoms with Crippen LogP contribution >= 0.6 is 0 Å². The van der Waals surface area contributed by atoms with Crippen LogP contribution in [0.25, 0.3) is 11.0 Å². The molecule has 1 aromatic carbocycles. The van der Waals surface area contributed by atoms with E-state index in [9.17, 15) is 18.3 Å². The minimum absolute atomic E-state index is 0.00690. The van der Waals surface area contributed by atoms with E-state index in [0.29, 0.717) is 17.4 Å². The number of para-hydroxylation sites is 1. The zero-order chi connectivity index (χ0) is 15.6. The summed E-state index contributed by atoms with van der Waals surface area (Å²) in [5.41, 5.74) is 0.336. The van der Waals surface area contributed by atoms with Crippen molar-refractivity contribution in [1.29, 1.82) is 0 Å². The van der Waals surface area contributed by atoms with Crippen LogP contribution in [0.4, 0.5) is 0 Å². The highest BCUT2D eigenvalue weighted by Gasteiger charge is 2.24. The Kier molecular flexibility index (Phi) is 4.37. The number of fused-ring (bicyclic) bond motifs is 1. The van der Waals surface area contributed by atoms with Gasteiger partial charge in [0.1, 0.15) is 22.7 Å². The maximum absolute atomic E-state index is 12.1. The highest BCUT2D eigenvalue weighted by molar-refractivity contribution is 7.90. The fourth-order valence-corrected chi connectivity index (χ4v) is 3.70. The monoisotopic (exact) mass is 310 g/mol. The summed E-state index contributed by atoms with van der Waals surface area (Å²) in [7, 11) is -3.39. The molecule has 6 heteroatoms. The van der Waals surface area contributed by atoms with E-state index in [2.05, 4.69) is 0 Å². The van der Waals surface area contributed by atoms with Gasteiger partial charge in [0.25, 0.3) is 0 Å². The van der Waals surface area contributed by atoms with E-state index in [1.54, 1.807) is 24.3 Å². The highest BCUT2D eigenvalue weighted by atomic mass is 32.2. The number of carboxylic acid groups (broad SMARTS) is 1. The van der Waals surface area contributed by atoms with Crippen LogP contribution in [0.15, 0.2) is 28.7 Å². The van der Waals surface area contributed by atoms with Crippen LogP contribution in [0.1, 0.15) is 36.4 Å². The molecule has 0 radical (unpaired) electrons. The van der Waals surface area contributed by atoms with Gasteiger partial charge < -0.3 is 9.52 Å². The Balaban J connectivity index is 2.38. The van der Waals surface area contributed by atoms with Gasteiger partial charge in [-0.05, 0) is 18.4 Å². The highest BCUT2D eigenvalue weighted by Crippen LogP contribution is 2.27. The molecule has 0 saturated carbocycles. The molecule has 114 valence electrons. The maximum Gasteiger partial charge on any atom is 0.339 e. The first-order valence-electron chi connectivity index (χ1n) is 6.74. The Morgan fingerprint density at radius 2 is 1.95 bits per heavy atom. The fraction of sp³-hybridized carbons (Fsp3) is 0.400. The van der Waals surface area contributed by atoms with E-state index in [1.807, 2.05) is 13.8 Å². The van der Waals surface area contributed by atoms with E-state index in [4.69, 9.17) is 4.42 Å². The standard InChI is InChI=1S/C15H18O5S/c1-10(2)7-8-21(18,19)9-13-14(15(16)17)11-5-3-4-6-12(11)20-13/h3-6,10H,7-9H2,1-2H3,(H,16,17). The smallest absolute Gasteiger partial charge is 0.339 e. The molecule has 0 aliphatic rings. The van der Waals surface area contributed by atoms with E-state index in [-0.39, 0.29) is 28.7 Å². The van der Waals surface area contributed by atoms with E-state index in [0.717, 1.165) is 0 Å². The van der Waals surface area contributed by atoms with Crippen molar-refractivity contribution in [2.45, 2.75) is 26.0 Å². The first-order valence-corrected chi connectivity index (χ1v) is 8.56. The van der Waals surface area contributed by atoms with Crippen molar-refractivity contribution >= 4 is 26.8 Å². The van der Waals surface area contributed by atoms with Crippen LogP contribution in [0, 0.1) is 5.92 Å². The molecule has 2 aromatic rings. The first-order chi connectivity index (χ1) is 9.80. The van der Waals surface area contributed by atoms with Gasteiger partial charge in [0.05, 0.1) is 5.75 Å². The molecule has 0 amide bonds. The van der Waals surface area contributed by atoms with Crippen LogP contribution in [0.5, 0.6) is 0 Å². The van der Waals surface area contributed by atoms with Gasteiger partial charge >= 0.3 is 5.97 Å². The first kappa shape index (κ1) is 15.6. The number of rotatable bonds is 6. The summed E-state index contributed by atoms with van der Waals surface area (Å²) >= 11 is 0. The van der Waals surface area contributed by atoms with Crippen LogP contribution in [-0.4, -0.2) is 25.2 Å². The Morgan fingerprint density at radius 1 is 1.29 bits per heavy atom. The largest absolute Gasteiger partial charge is 0.478 e. The SMILES string of the molecule is CC(C)CCS(=O)(=O)Cc1oc2ccccc2c1C(=O)O. The maximum atomic E-state index is 12.1. The predicted molar refractivity (Wildman–Crippen MR) is 80.1 cm³/mol.